The predicted octanol–water partition coefficient (Wildman–Crippen LogP) is 2.48. The highest BCUT2D eigenvalue weighted by Gasteiger charge is 2.35. The predicted molar refractivity (Wildman–Crippen MR) is 72.7 cm³/mol. The van der Waals surface area contributed by atoms with Crippen molar-refractivity contribution < 1.29 is 19.3 Å². The van der Waals surface area contributed by atoms with Crippen LogP contribution in [0.1, 0.15) is 31.2 Å². The van der Waals surface area contributed by atoms with E-state index >= 15 is 0 Å². The minimum Gasteiger partial charge on any atom is -0.493 e. The maximum Gasteiger partial charge on any atom is 0.161 e. The Balaban J connectivity index is 2.21. The van der Waals surface area contributed by atoms with E-state index in [1.54, 1.807) is 21.3 Å². The molecule has 2 rings (SSSR count). The molecule has 1 saturated carbocycles. The van der Waals surface area contributed by atoms with Crippen LogP contribution in [0, 0.1) is 0 Å². The minimum absolute atomic E-state index is 0.264. The average Bonchev–Trinajstić information content (AvgIpc) is 2.47. The van der Waals surface area contributed by atoms with Crippen molar-refractivity contribution in [3.63, 3.8) is 0 Å². The summed E-state index contributed by atoms with van der Waals surface area (Å²) < 4.78 is 15.9. The van der Waals surface area contributed by atoms with Gasteiger partial charge in [0.15, 0.2) is 11.5 Å². The molecule has 1 N–H and O–H groups in total. The zero-order valence-electron chi connectivity index (χ0n) is 11.8. The lowest BCUT2D eigenvalue weighted by molar-refractivity contribution is -0.0475. The molecule has 1 aliphatic rings. The van der Waals surface area contributed by atoms with E-state index in [1.807, 2.05) is 18.2 Å². The Hall–Kier alpha value is -1.26. The molecule has 19 heavy (non-hydrogen) atoms. The lowest BCUT2D eigenvalue weighted by atomic mass is 9.78. The zero-order valence-corrected chi connectivity index (χ0v) is 11.8. The first-order chi connectivity index (χ1) is 9.12. The molecule has 0 heterocycles. The third-order valence-corrected chi connectivity index (χ3v) is 4.01. The van der Waals surface area contributed by atoms with E-state index in [4.69, 9.17) is 14.2 Å². The topological polar surface area (TPSA) is 47.9 Å². The molecule has 0 saturated heterocycles. The maximum absolute atomic E-state index is 10.8. The number of ether oxygens (including phenoxy) is 3. The molecule has 4 heteroatoms. The van der Waals surface area contributed by atoms with Crippen LogP contribution in [0.15, 0.2) is 18.2 Å². The SMILES string of the molecule is COc1ccc(C2(O)CCC(OC)CC2)cc1OC. The van der Waals surface area contributed by atoms with Gasteiger partial charge in [0, 0.05) is 7.11 Å². The standard InChI is InChI=1S/C15H22O4/c1-17-12-6-8-15(16,9-7-12)11-4-5-13(18-2)14(10-11)19-3/h4-5,10,12,16H,6-9H2,1-3H3. The van der Waals surface area contributed by atoms with Gasteiger partial charge in [-0.25, -0.2) is 0 Å². The lowest BCUT2D eigenvalue weighted by Crippen LogP contribution is -2.34. The molecule has 106 valence electrons. The van der Waals surface area contributed by atoms with Crippen LogP contribution in [0.25, 0.3) is 0 Å². The first-order valence-corrected chi connectivity index (χ1v) is 6.60. The van der Waals surface area contributed by atoms with E-state index < -0.39 is 5.60 Å². The summed E-state index contributed by atoms with van der Waals surface area (Å²) in [6, 6.07) is 5.62. The third kappa shape index (κ3) is 2.85. The number of hydrogen-bond donors (Lipinski definition) is 1. The van der Waals surface area contributed by atoms with Crippen molar-refractivity contribution in [1.82, 2.24) is 0 Å². The maximum atomic E-state index is 10.8. The van der Waals surface area contributed by atoms with Crippen molar-refractivity contribution >= 4 is 0 Å². The first kappa shape index (κ1) is 14.2. The van der Waals surface area contributed by atoms with Crippen LogP contribution >= 0.6 is 0 Å². The van der Waals surface area contributed by atoms with Gasteiger partial charge in [-0.1, -0.05) is 6.07 Å². The van der Waals surface area contributed by atoms with Gasteiger partial charge < -0.3 is 19.3 Å². The summed E-state index contributed by atoms with van der Waals surface area (Å²) in [5.41, 5.74) is 0.105. The number of benzene rings is 1. The highest BCUT2D eigenvalue weighted by atomic mass is 16.5. The van der Waals surface area contributed by atoms with Crippen molar-refractivity contribution in [3.8, 4) is 11.5 Å². The molecule has 0 atom stereocenters. The van der Waals surface area contributed by atoms with Crippen LogP contribution in [0.3, 0.4) is 0 Å². The summed E-state index contributed by atoms with van der Waals surface area (Å²) in [7, 11) is 4.94. The molecule has 1 aromatic rings. The van der Waals surface area contributed by atoms with Crippen LogP contribution in [0.4, 0.5) is 0 Å². The minimum atomic E-state index is -0.783. The van der Waals surface area contributed by atoms with Gasteiger partial charge in [0.25, 0.3) is 0 Å². The van der Waals surface area contributed by atoms with Gasteiger partial charge in [0.1, 0.15) is 0 Å². The molecule has 0 unspecified atom stereocenters. The molecule has 0 bridgehead atoms. The van der Waals surface area contributed by atoms with Gasteiger partial charge in [-0.05, 0) is 43.4 Å². The Morgan fingerprint density at radius 2 is 1.68 bits per heavy atom. The molecular formula is C15H22O4. The molecular weight excluding hydrogens is 244 g/mol. The average molecular weight is 266 g/mol. The van der Waals surface area contributed by atoms with Crippen LogP contribution in [-0.2, 0) is 10.3 Å². The highest BCUT2D eigenvalue weighted by Crippen LogP contribution is 2.40. The van der Waals surface area contributed by atoms with E-state index in [0.717, 1.165) is 18.4 Å². The number of methoxy groups -OCH3 is 3. The van der Waals surface area contributed by atoms with E-state index in [-0.39, 0.29) is 6.10 Å². The Bertz CT molecular complexity index is 422. The third-order valence-electron chi connectivity index (χ3n) is 4.01. The van der Waals surface area contributed by atoms with Crippen LogP contribution < -0.4 is 9.47 Å². The molecule has 1 aliphatic carbocycles. The smallest absolute Gasteiger partial charge is 0.161 e. The highest BCUT2D eigenvalue weighted by molar-refractivity contribution is 5.44. The van der Waals surface area contributed by atoms with Gasteiger partial charge >= 0.3 is 0 Å². The van der Waals surface area contributed by atoms with Crippen molar-refractivity contribution in [2.45, 2.75) is 37.4 Å². The molecule has 0 radical (unpaired) electrons. The monoisotopic (exact) mass is 266 g/mol. The van der Waals surface area contributed by atoms with Crippen molar-refractivity contribution in [2.24, 2.45) is 0 Å². The van der Waals surface area contributed by atoms with Crippen molar-refractivity contribution in [1.29, 1.82) is 0 Å². The fourth-order valence-electron chi connectivity index (χ4n) is 2.72. The van der Waals surface area contributed by atoms with Gasteiger partial charge in [0.05, 0.1) is 25.9 Å². The molecule has 4 nitrogen and oxygen atoms in total. The van der Waals surface area contributed by atoms with E-state index in [9.17, 15) is 5.11 Å². The molecule has 0 aliphatic heterocycles. The van der Waals surface area contributed by atoms with Crippen LogP contribution in [-0.4, -0.2) is 32.5 Å². The number of hydrogen-bond acceptors (Lipinski definition) is 4. The summed E-state index contributed by atoms with van der Waals surface area (Å²) in [4.78, 5) is 0. The second-order valence-corrected chi connectivity index (χ2v) is 5.04. The van der Waals surface area contributed by atoms with Gasteiger partial charge in [0.2, 0.25) is 0 Å². The normalized spacial score (nSPS) is 27.1. The van der Waals surface area contributed by atoms with Gasteiger partial charge in [-0.15, -0.1) is 0 Å². The Labute approximate surface area is 114 Å². The largest absolute Gasteiger partial charge is 0.493 e. The molecule has 1 fully saturated rings. The van der Waals surface area contributed by atoms with Crippen LogP contribution in [0.5, 0.6) is 11.5 Å². The summed E-state index contributed by atoms with van der Waals surface area (Å²) in [6.07, 6.45) is 3.44. The van der Waals surface area contributed by atoms with Crippen molar-refractivity contribution in [3.05, 3.63) is 23.8 Å². The summed E-state index contributed by atoms with van der Waals surface area (Å²) in [5.74, 6) is 1.34. The van der Waals surface area contributed by atoms with E-state index in [0.29, 0.717) is 24.3 Å². The summed E-state index contributed by atoms with van der Waals surface area (Å²) in [5, 5.41) is 10.8. The Morgan fingerprint density at radius 3 is 2.21 bits per heavy atom. The Kier molecular flexibility index (Phi) is 4.32. The van der Waals surface area contributed by atoms with E-state index in [1.165, 1.54) is 0 Å². The fraction of sp³-hybridized carbons (Fsp3) is 0.600. The zero-order chi connectivity index (χ0) is 13.9. The number of rotatable bonds is 4. The quantitative estimate of drug-likeness (QED) is 0.909. The first-order valence-electron chi connectivity index (χ1n) is 6.60. The lowest BCUT2D eigenvalue weighted by Gasteiger charge is -2.36. The number of aliphatic hydroxyl groups is 1. The molecule has 0 spiro atoms. The molecule has 1 aromatic carbocycles. The summed E-state index contributed by atoms with van der Waals surface area (Å²) >= 11 is 0. The van der Waals surface area contributed by atoms with E-state index in [2.05, 4.69) is 0 Å². The second kappa shape index (κ2) is 5.80. The second-order valence-electron chi connectivity index (χ2n) is 5.04. The van der Waals surface area contributed by atoms with Gasteiger partial charge in [-0.2, -0.15) is 0 Å². The van der Waals surface area contributed by atoms with Crippen LogP contribution in [0.2, 0.25) is 0 Å². The Morgan fingerprint density at radius 1 is 1.05 bits per heavy atom. The van der Waals surface area contributed by atoms with Crippen molar-refractivity contribution in [2.75, 3.05) is 21.3 Å². The molecule has 0 amide bonds. The summed E-state index contributed by atoms with van der Waals surface area (Å²) in [6.45, 7) is 0. The fourth-order valence-corrected chi connectivity index (χ4v) is 2.72. The molecule has 0 aromatic heterocycles. The van der Waals surface area contributed by atoms with Gasteiger partial charge in [-0.3, -0.25) is 0 Å².